The maximum Gasteiger partial charge on any atom is 0.101 e. The molecule has 0 spiro atoms. The molecule has 86 valence electrons. The van der Waals surface area contributed by atoms with Crippen molar-refractivity contribution >= 4 is 11.6 Å². The molecule has 0 amide bonds. The molecule has 15 heavy (non-hydrogen) atoms. The molecule has 0 fully saturated rings. The summed E-state index contributed by atoms with van der Waals surface area (Å²) in [4.78, 5) is 0. The fourth-order valence-electron chi connectivity index (χ4n) is 1.67. The van der Waals surface area contributed by atoms with Crippen molar-refractivity contribution in [3.63, 3.8) is 0 Å². The molecule has 0 atom stereocenters. The van der Waals surface area contributed by atoms with Gasteiger partial charge >= 0.3 is 0 Å². The average molecular weight is 230 g/mol. The predicted octanol–water partition coefficient (Wildman–Crippen LogP) is 3.16. The highest BCUT2D eigenvalue weighted by atomic mass is 35.5. The lowest BCUT2D eigenvalue weighted by Crippen LogP contribution is -2.06. The third-order valence-corrected chi connectivity index (χ3v) is 2.76. The first kappa shape index (κ1) is 12.5. The number of halogens is 1. The first-order valence-corrected chi connectivity index (χ1v) is 6.34. The molecule has 0 N–H and O–H groups in total. The largest absolute Gasteiger partial charge is 0.249 e. The normalized spacial score (nSPS) is 10.9. The summed E-state index contributed by atoms with van der Waals surface area (Å²) < 4.78 is 2.02. The van der Waals surface area contributed by atoms with Gasteiger partial charge in [-0.2, -0.15) is 0 Å². The molecule has 0 aliphatic heterocycles. The van der Waals surface area contributed by atoms with E-state index in [0.717, 1.165) is 25.1 Å². The van der Waals surface area contributed by atoms with E-state index in [2.05, 4.69) is 24.2 Å². The Hall–Kier alpha value is -0.570. The van der Waals surface area contributed by atoms with Gasteiger partial charge in [0.25, 0.3) is 0 Å². The zero-order valence-corrected chi connectivity index (χ0v) is 10.4. The van der Waals surface area contributed by atoms with Crippen molar-refractivity contribution in [2.75, 3.05) is 0 Å². The highest BCUT2D eigenvalue weighted by Gasteiger charge is 2.10. The van der Waals surface area contributed by atoms with Gasteiger partial charge in [-0.3, -0.25) is 0 Å². The Bertz CT molecular complexity index is 283. The molecule has 3 nitrogen and oxygen atoms in total. The molecule has 0 saturated heterocycles. The van der Waals surface area contributed by atoms with Crippen molar-refractivity contribution < 1.29 is 0 Å². The fourth-order valence-corrected chi connectivity index (χ4v) is 1.88. The van der Waals surface area contributed by atoms with Crippen LogP contribution in [0.25, 0.3) is 0 Å². The first-order chi connectivity index (χ1) is 7.33. The van der Waals surface area contributed by atoms with E-state index in [1.165, 1.54) is 25.0 Å². The van der Waals surface area contributed by atoms with Gasteiger partial charge in [-0.05, 0) is 12.8 Å². The van der Waals surface area contributed by atoms with Crippen molar-refractivity contribution in [3.8, 4) is 0 Å². The monoisotopic (exact) mass is 229 g/mol. The number of aromatic nitrogens is 3. The number of rotatable bonds is 7. The smallest absolute Gasteiger partial charge is 0.101 e. The average Bonchev–Trinajstić information content (AvgIpc) is 2.62. The van der Waals surface area contributed by atoms with Gasteiger partial charge in [0.1, 0.15) is 5.69 Å². The van der Waals surface area contributed by atoms with Gasteiger partial charge in [0.15, 0.2) is 0 Å². The number of unbranched alkanes of at least 4 members (excludes halogenated alkanes) is 2. The van der Waals surface area contributed by atoms with E-state index < -0.39 is 0 Å². The van der Waals surface area contributed by atoms with Gasteiger partial charge in [-0.1, -0.05) is 38.3 Å². The van der Waals surface area contributed by atoms with Crippen LogP contribution in [0.2, 0.25) is 0 Å². The lowest BCUT2D eigenvalue weighted by Gasteiger charge is -2.05. The molecule has 1 heterocycles. The summed E-state index contributed by atoms with van der Waals surface area (Å²) in [6, 6.07) is 0. The molecule has 0 aromatic carbocycles. The standard InChI is InChI=1S/C11H20ClN3/c1-3-5-6-8-15-11(7-4-2)10(9-12)13-14-15/h3-9H2,1-2H3. The van der Waals surface area contributed by atoms with Crippen LogP contribution in [0.15, 0.2) is 0 Å². The minimum atomic E-state index is 0.475. The second-order valence-electron chi connectivity index (χ2n) is 3.80. The summed E-state index contributed by atoms with van der Waals surface area (Å²) in [6.45, 7) is 5.35. The Morgan fingerprint density at radius 1 is 1.20 bits per heavy atom. The molecule has 1 aromatic rings. The molecule has 4 heteroatoms. The predicted molar refractivity (Wildman–Crippen MR) is 63.1 cm³/mol. The van der Waals surface area contributed by atoms with Crippen molar-refractivity contribution in [2.45, 2.75) is 58.4 Å². The van der Waals surface area contributed by atoms with E-state index in [9.17, 15) is 0 Å². The molecule has 0 aliphatic rings. The van der Waals surface area contributed by atoms with Gasteiger partial charge in [0.05, 0.1) is 11.6 Å². The van der Waals surface area contributed by atoms with Crippen LogP contribution in [0.3, 0.4) is 0 Å². The van der Waals surface area contributed by atoms with E-state index in [1.807, 2.05) is 4.68 Å². The van der Waals surface area contributed by atoms with Gasteiger partial charge in [0, 0.05) is 6.54 Å². The number of nitrogens with zero attached hydrogens (tertiary/aromatic N) is 3. The molecule has 1 aromatic heterocycles. The lowest BCUT2D eigenvalue weighted by molar-refractivity contribution is 0.518. The number of alkyl halides is 1. The molecular formula is C11H20ClN3. The quantitative estimate of drug-likeness (QED) is 0.531. The van der Waals surface area contributed by atoms with Crippen LogP contribution in [0.1, 0.15) is 50.9 Å². The van der Waals surface area contributed by atoms with Gasteiger partial charge in [-0.15, -0.1) is 16.7 Å². The Labute approximate surface area is 96.8 Å². The summed E-state index contributed by atoms with van der Waals surface area (Å²) in [7, 11) is 0. The van der Waals surface area contributed by atoms with Crippen LogP contribution in [0.5, 0.6) is 0 Å². The molecule has 0 radical (unpaired) electrons. The maximum absolute atomic E-state index is 5.83. The SMILES string of the molecule is CCCCCn1nnc(CCl)c1CCC. The molecule has 1 rings (SSSR count). The van der Waals surface area contributed by atoms with Crippen LogP contribution in [0, 0.1) is 0 Å². The minimum Gasteiger partial charge on any atom is -0.249 e. The van der Waals surface area contributed by atoms with Crippen LogP contribution < -0.4 is 0 Å². The molecular weight excluding hydrogens is 210 g/mol. The topological polar surface area (TPSA) is 30.7 Å². The highest BCUT2D eigenvalue weighted by molar-refractivity contribution is 6.16. The van der Waals surface area contributed by atoms with E-state index >= 15 is 0 Å². The van der Waals surface area contributed by atoms with Crippen molar-refractivity contribution in [3.05, 3.63) is 11.4 Å². The van der Waals surface area contributed by atoms with E-state index in [-0.39, 0.29) is 0 Å². The summed E-state index contributed by atoms with van der Waals surface area (Å²) >= 11 is 5.83. The van der Waals surface area contributed by atoms with Crippen molar-refractivity contribution in [1.82, 2.24) is 15.0 Å². The Morgan fingerprint density at radius 2 is 2.00 bits per heavy atom. The Morgan fingerprint density at radius 3 is 2.60 bits per heavy atom. The zero-order chi connectivity index (χ0) is 11.1. The molecule has 0 saturated carbocycles. The van der Waals surface area contributed by atoms with E-state index in [1.54, 1.807) is 0 Å². The second-order valence-corrected chi connectivity index (χ2v) is 4.06. The second kappa shape index (κ2) is 6.83. The molecule has 0 aliphatic carbocycles. The highest BCUT2D eigenvalue weighted by Crippen LogP contribution is 2.12. The molecule has 0 bridgehead atoms. The summed E-state index contributed by atoms with van der Waals surface area (Å²) in [6.07, 6.45) is 5.81. The van der Waals surface area contributed by atoms with Crippen LogP contribution in [-0.4, -0.2) is 15.0 Å². The van der Waals surface area contributed by atoms with Crippen LogP contribution in [-0.2, 0) is 18.8 Å². The van der Waals surface area contributed by atoms with Crippen molar-refractivity contribution in [2.24, 2.45) is 0 Å². The number of hydrogen-bond donors (Lipinski definition) is 0. The number of hydrogen-bond acceptors (Lipinski definition) is 2. The van der Waals surface area contributed by atoms with Crippen LogP contribution >= 0.6 is 11.6 Å². The third kappa shape index (κ3) is 3.49. The summed E-state index contributed by atoms with van der Waals surface area (Å²) in [5.74, 6) is 0.475. The van der Waals surface area contributed by atoms with Crippen molar-refractivity contribution in [1.29, 1.82) is 0 Å². The van der Waals surface area contributed by atoms with E-state index in [4.69, 9.17) is 11.6 Å². The van der Waals surface area contributed by atoms with Crippen LogP contribution in [0.4, 0.5) is 0 Å². The first-order valence-electron chi connectivity index (χ1n) is 5.80. The number of aryl methyl sites for hydroxylation is 1. The Kier molecular flexibility index (Phi) is 5.69. The van der Waals surface area contributed by atoms with Gasteiger partial charge in [-0.25, -0.2) is 4.68 Å². The fraction of sp³-hybridized carbons (Fsp3) is 0.818. The lowest BCUT2D eigenvalue weighted by atomic mass is 10.2. The van der Waals surface area contributed by atoms with Gasteiger partial charge < -0.3 is 0 Å². The zero-order valence-electron chi connectivity index (χ0n) is 9.67. The summed E-state index contributed by atoms with van der Waals surface area (Å²) in [5.41, 5.74) is 2.18. The minimum absolute atomic E-state index is 0.475. The van der Waals surface area contributed by atoms with E-state index in [0.29, 0.717) is 5.88 Å². The summed E-state index contributed by atoms with van der Waals surface area (Å²) in [5, 5.41) is 8.27. The maximum atomic E-state index is 5.83. The molecule has 0 unspecified atom stereocenters. The Balaban J connectivity index is 2.64. The van der Waals surface area contributed by atoms with Gasteiger partial charge in [0.2, 0.25) is 0 Å². The third-order valence-electron chi connectivity index (χ3n) is 2.50.